The van der Waals surface area contributed by atoms with E-state index in [4.69, 9.17) is 0 Å². The van der Waals surface area contributed by atoms with Crippen molar-refractivity contribution >= 4 is 29.0 Å². The van der Waals surface area contributed by atoms with E-state index in [9.17, 15) is 9.18 Å². The molecular formula is C25H19FOSi. The van der Waals surface area contributed by atoms with Crippen molar-refractivity contribution in [3.8, 4) is 0 Å². The molecule has 4 aromatic carbocycles. The molecule has 0 aromatic heterocycles. The van der Waals surface area contributed by atoms with Gasteiger partial charge in [0.1, 0.15) is 5.82 Å². The van der Waals surface area contributed by atoms with Crippen molar-refractivity contribution in [2.45, 2.75) is 0 Å². The predicted molar refractivity (Wildman–Crippen MR) is 115 cm³/mol. The average Bonchev–Trinajstić information content (AvgIpc) is 2.77. The summed E-state index contributed by atoms with van der Waals surface area (Å²) in [6.07, 6.45) is 0. The van der Waals surface area contributed by atoms with E-state index in [2.05, 4.69) is 0 Å². The zero-order valence-corrected chi connectivity index (χ0v) is 16.3. The van der Waals surface area contributed by atoms with Crippen molar-refractivity contribution < 1.29 is 9.18 Å². The lowest BCUT2D eigenvalue weighted by Crippen LogP contribution is -2.72. The number of halogens is 1. The molecule has 0 aliphatic heterocycles. The summed E-state index contributed by atoms with van der Waals surface area (Å²) < 4.78 is 13.5. The van der Waals surface area contributed by atoms with Crippen molar-refractivity contribution in [3.63, 3.8) is 0 Å². The number of hydrogen-bond donors (Lipinski definition) is 0. The Balaban J connectivity index is 2.07. The Bertz CT molecular complexity index is 965. The quantitative estimate of drug-likeness (QED) is 0.380. The van der Waals surface area contributed by atoms with Gasteiger partial charge in [0.05, 0.1) is 0 Å². The van der Waals surface area contributed by atoms with Gasteiger partial charge in [0, 0.05) is 5.56 Å². The minimum absolute atomic E-state index is 0.0519. The molecule has 4 aromatic rings. The van der Waals surface area contributed by atoms with Gasteiger partial charge in [-0.1, -0.05) is 91.0 Å². The summed E-state index contributed by atoms with van der Waals surface area (Å²) >= 11 is 0. The molecule has 0 aliphatic rings. The Kier molecular flexibility index (Phi) is 5.00. The monoisotopic (exact) mass is 382 g/mol. The highest BCUT2D eigenvalue weighted by atomic mass is 28.3. The molecule has 0 N–H and O–H groups in total. The van der Waals surface area contributed by atoms with Gasteiger partial charge < -0.3 is 0 Å². The molecule has 136 valence electrons. The van der Waals surface area contributed by atoms with Crippen LogP contribution in [-0.4, -0.2) is 13.5 Å². The largest absolute Gasteiger partial charge is 0.299 e. The number of rotatable bonds is 5. The van der Waals surface area contributed by atoms with Gasteiger partial charge in [0.2, 0.25) is 8.07 Å². The first-order chi connectivity index (χ1) is 13.7. The standard InChI is InChI=1S/C25H19FOSi/c26-21-18-16-20(17-19-21)25(27)28(22-10-4-1-5-11-22,23-12-6-2-7-13-23)24-14-8-3-9-15-24/h1-19H. The van der Waals surface area contributed by atoms with Crippen molar-refractivity contribution in [3.05, 3.63) is 127 Å². The van der Waals surface area contributed by atoms with Gasteiger partial charge in [-0.15, -0.1) is 0 Å². The van der Waals surface area contributed by atoms with Gasteiger partial charge in [-0.3, -0.25) is 4.79 Å². The van der Waals surface area contributed by atoms with Gasteiger partial charge in [-0.05, 0) is 39.8 Å². The summed E-state index contributed by atoms with van der Waals surface area (Å²) in [5, 5.41) is 3.10. The first kappa shape index (κ1) is 18.1. The summed E-state index contributed by atoms with van der Waals surface area (Å²) in [6.45, 7) is 0. The highest BCUT2D eigenvalue weighted by molar-refractivity contribution is 7.31. The number of hydrogen-bond acceptors (Lipinski definition) is 1. The maximum atomic E-state index is 14.1. The lowest BCUT2D eigenvalue weighted by molar-refractivity contribution is 0.107. The van der Waals surface area contributed by atoms with E-state index >= 15 is 0 Å². The van der Waals surface area contributed by atoms with Crippen LogP contribution in [0.2, 0.25) is 0 Å². The Morgan fingerprint density at radius 3 is 1.25 bits per heavy atom. The molecule has 0 spiro atoms. The minimum Gasteiger partial charge on any atom is -0.299 e. The van der Waals surface area contributed by atoms with Crippen LogP contribution in [0.25, 0.3) is 0 Å². The van der Waals surface area contributed by atoms with Gasteiger partial charge in [-0.2, -0.15) is 0 Å². The molecule has 4 rings (SSSR count). The molecule has 0 saturated carbocycles. The van der Waals surface area contributed by atoms with E-state index in [-0.39, 0.29) is 11.2 Å². The van der Waals surface area contributed by atoms with Gasteiger partial charge >= 0.3 is 0 Å². The Morgan fingerprint density at radius 1 is 0.536 bits per heavy atom. The molecule has 0 unspecified atom stereocenters. The second-order valence-electron chi connectivity index (χ2n) is 6.68. The van der Waals surface area contributed by atoms with Gasteiger partial charge in [0.25, 0.3) is 0 Å². The molecule has 0 amide bonds. The van der Waals surface area contributed by atoms with Gasteiger partial charge in [-0.25, -0.2) is 4.39 Å². The van der Waals surface area contributed by atoms with E-state index in [1.165, 1.54) is 12.1 Å². The third-order valence-corrected chi connectivity index (χ3v) is 9.64. The highest BCUT2D eigenvalue weighted by Crippen LogP contribution is 2.16. The molecular weight excluding hydrogens is 363 g/mol. The molecule has 0 bridgehead atoms. The average molecular weight is 383 g/mol. The van der Waals surface area contributed by atoms with Crippen LogP contribution in [0.3, 0.4) is 0 Å². The lowest BCUT2D eigenvalue weighted by Gasteiger charge is -2.32. The molecule has 0 atom stereocenters. The summed E-state index contributed by atoms with van der Waals surface area (Å²) in [7, 11) is -3.05. The first-order valence-corrected chi connectivity index (χ1v) is 11.2. The number of benzene rings is 4. The minimum atomic E-state index is -3.05. The van der Waals surface area contributed by atoms with Gasteiger partial charge in [0.15, 0.2) is 5.41 Å². The van der Waals surface area contributed by atoms with Crippen molar-refractivity contribution in [1.29, 1.82) is 0 Å². The Labute approximate surface area is 165 Å². The fourth-order valence-corrected chi connectivity index (χ4v) is 8.24. The molecule has 0 fully saturated rings. The maximum Gasteiger partial charge on any atom is 0.230 e. The van der Waals surface area contributed by atoms with Crippen LogP contribution >= 0.6 is 0 Å². The first-order valence-electron chi connectivity index (χ1n) is 9.20. The molecule has 1 nitrogen and oxygen atoms in total. The summed E-state index contributed by atoms with van der Waals surface area (Å²) in [5.41, 5.74) is 0.532. The smallest absolute Gasteiger partial charge is 0.230 e. The molecule has 28 heavy (non-hydrogen) atoms. The van der Waals surface area contributed by atoms with Crippen LogP contribution in [0.1, 0.15) is 10.4 Å². The SMILES string of the molecule is O=C(c1ccc(F)cc1)[Si](c1ccccc1)(c1ccccc1)c1ccccc1. The normalized spacial score (nSPS) is 11.2. The van der Waals surface area contributed by atoms with Crippen LogP contribution in [0.5, 0.6) is 0 Å². The molecule has 0 radical (unpaired) electrons. The predicted octanol–water partition coefficient (Wildman–Crippen LogP) is 3.72. The molecule has 0 heterocycles. The Morgan fingerprint density at radius 2 is 0.893 bits per heavy atom. The molecule has 0 saturated heterocycles. The van der Waals surface area contributed by atoms with Crippen molar-refractivity contribution in [1.82, 2.24) is 0 Å². The van der Waals surface area contributed by atoms with Crippen molar-refractivity contribution in [2.75, 3.05) is 0 Å². The fourth-order valence-electron chi connectivity index (χ4n) is 3.78. The molecule has 3 heteroatoms. The second kappa shape index (κ2) is 7.75. The third-order valence-electron chi connectivity index (χ3n) is 5.07. The van der Waals surface area contributed by atoms with Crippen LogP contribution in [0.4, 0.5) is 4.39 Å². The number of carbonyl (C=O) groups is 1. The lowest BCUT2D eigenvalue weighted by atomic mass is 10.2. The van der Waals surface area contributed by atoms with Crippen LogP contribution < -0.4 is 15.6 Å². The van der Waals surface area contributed by atoms with Crippen LogP contribution in [0, 0.1) is 5.82 Å². The van der Waals surface area contributed by atoms with E-state index < -0.39 is 8.07 Å². The van der Waals surface area contributed by atoms with E-state index in [1.807, 2.05) is 91.0 Å². The van der Waals surface area contributed by atoms with Crippen LogP contribution in [-0.2, 0) is 0 Å². The highest BCUT2D eigenvalue weighted by Gasteiger charge is 2.47. The second-order valence-corrected chi connectivity index (χ2v) is 10.4. The summed E-state index contributed by atoms with van der Waals surface area (Å²) in [4.78, 5) is 14.1. The van der Waals surface area contributed by atoms with E-state index in [0.717, 1.165) is 15.6 Å². The summed E-state index contributed by atoms with van der Waals surface area (Å²) in [6, 6.07) is 35.8. The maximum absolute atomic E-state index is 14.1. The Hall–Kier alpha value is -3.30. The molecule has 0 aliphatic carbocycles. The van der Waals surface area contributed by atoms with E-state index in [1.54, 1.807) is 12.1 Å². The van der Waals surface area contributed by atoms with Crippen molar-refractivity contribution in [2.24, 2.45) is 0 Å². The van der Waals surface area contributed by atoms with E-state index in [0.29, 0.717) is 5.56 Å². The zero-order valence-electron chi connectivity index (χ0n) is 15.3. The fraction of sp³-hybridized carbons (Fsp3) is 0. The number of carbonyl (C=O) groups excluding carboxylic acids is 1. The topological polar surface area (TPSA) is 17.1 Å². The van der Waals surface area contributed by atoms with Crippen LogP contribution in [0.15, 0.2) is 115 Å². The third kappa shape index (κ3) is 3.10. The summed E-state index contributed by atoms with van der Waals surface area (Å²) in [5.74, 6) is -0.344. The zero-order chi connectivity index (χ0) is 19.4.